The van der Waals surface area contributed by atoms with E-state index in [1.165, 1.54) is 11.1 Å². The summed E-state index contributed by atoms with van der Waals surface area (Å²) in [5.41, 5.74) is 3.50. The lowest BCUT2D eigenvalue weighted by Gasteiger charge is -2.26. The predicted molar refractivity (Wildman–Crippen MR) is 102 cm³/mol. The van der Waals surface area contributed by atoms with Crippen LogP contribution in [0.5, 0.6) is 5.75 Å². The number of halogens is 1. The molecule has 1 atom stereocenters. The minimum atomic E-state index is -0.237. The zero-order chi connectivity index (χ0) is 18.5. The van der Waals surface area contributed by atoms with Gasteiger partial charge in [-0.25, -0.2) is 0 Å². The summed E-state index contributed by atoms with van der Waals surface area (Å²) in [6.07, 6.45) is 2.99. The Balaban J connectivity index is 1.67. The molecule has 0 saturated carbocycles. The number of aliphatic hydroxyl groups excluding tert-OH is 2. The van der Waals surface area contributed by atoms with Crippen LogP contribution in [0.25, 0.3) is 0 Å². The van der Waals surface area contributed by atoms with Gasteiger partial charge in [0.05, 0.1) is 19.3 Å². The van der Waals surface area contributed by atoms with Gasteiger partial charge < -0.3 is 20.3 Å². The second-order valence-electron chi connectivity index (χ2n) is 6.37. The Morgan fingerprint density at radius 1 is 1.19 bits per heavy atom. The van der Waals surface area contributed by atoms with E-state index in [1.807, 2.05) is 12.1 Å². The number of benzene rings is 2. The third kappa shape index (κ3) is 4.26. The average molecular weight is 420 g/mol. The zero-order valence-electron chi connectivity index (χ0n) is 14.4. The lowest BCUT2D eigenvalue weighted by Crippen LogP contribution is -2.34. The first-order valence-electron chi connectivity index (χ1n) is 8.65. The highest BCUT2D eigenvalue weighted by Crippen LogP contribution is 2.30. The third-order valence-corrected chi connectivity index (χ3v) is 5.06. The number of carbonyl (C=O) groups is 1. The molecule has 0 aliphatic heterocycles. The number of ether oxygens (including phenoxy) is 1. The molecule has 138 valence electrons. The standard InChI is InChI=1S/C20H22BrNO4/c21-16-8-14(10-23)20(15(9-16)11-24)26-12-19(25)22-18-7-3-5-13-4-1-2-6-17(13)18/h1-2,4,6,8-9,18,23-24H,3,5,7,10-12H2,(H,22,25)/t18-/m1/s1. The minimum Gasteiger partial charge on any atom is -0.483 e. The van der Waals surface area contributed by atoms with Crippen molar-refractivity contribution >= 4 is 21.8 Å². The van der Waals surface area contributed by atoms with Crippen LogP contribution in [0.1, 0.15) is 41.1 Å². The van der Waals surface area contributed by atoms with Crippen molar-refractivity contribution in [3.63, 3.8) is 0 Å². The quantitative estimate of drug-likeness (QED) is 0.672. The van der Waals surface area contributed by atoms with Gasteiger partial charge in [-0.2, -0.15) is 0 Å². The Kier molecular flexibility index (Phi) is 6.29. The monoisotopic (exact) mass is 419 g/mol. The van der Waals surface area contributed by atoms with Crippen molar-refractivity contribution < 1.29 is 19.7 Å². The molecule has 3 N–H and O–H groups in total. The van der Waals surface area contributed by atoms with E-state index >= 15 is 0 Å². The van der Waals surface area contributed by atoms with E-state index in [4.69, 9.17) is 4.74 Å². The van der Waals surface area contributed by atoms with Gasteiger partial charge in [-0.05, 0) is 42.5 Å². The van der Waals surface area contributed by atoms with Crippen LogP contribution in [-0.2, 0) is 24.4 Å². The summed E-state index contributed by atoms with van der Waals surface area (Å²) < 4.78 is 6.38. The molecule has 0 aromatic heterocycles. The molecule has 1 amide bonds. The summed E-state index contributed by atoms with van der Waals surface area (Å²) in [5, 5.41) is 22.1. The summed E-state index contributed by atoms with van der Waals surface area (Å²) in [6.45, 7) is -0.640. The zero-order valence-corrected chi connectivity index (χ0v) is 16.0. The van der Waals surface area contributed by atoms with Crippen LogP contribution in [0.2, 0.25) is 0 Å². The number of hydrogen-bond acceptors (Lipinski definition) is 4. The number of carbonyl (C=O) groups excluding carboxylic acids is 1. The number of aliphatic hydroxyl groups is 2. The van der Waals surface area contributed by atoms with Gasteiger partial charge in [0.1, 0.15) is 5.75 Å². The third-order valence-electron chi connectivity index (χ3n) is 4.60. The van der Waals surface area contributed by atoms with Gasteiger partial charge in [-0.15, -0.1) is 0 Å². The van der Waals surface area contributed by atoms with Gasteiger partial charge in [0.2, 0.25) is 0 Å². The fourth-order valence-electron chi connectivity index (χ4n) is 3.41. The first kappa shape index (κ1) is 18.9. The van der Waals surface area contributed by atoms with Crippen LogP contribution >= 0.6 is 15.9 Å². The molecule has 5 nitrogen and oxygen atoms in total. The molecule has 6 heteroatoms. The van der Waals surface area contributed by atoms with Crippen molar-refractivity contribution in [2.75, 3.05) is 6.61 Å². The number of fused-ring (bicyclic) bond motifs is 1. The van der Waals surface area contributed by atoms with Crippen LogP contribution in [0.15, 0.2) is 40.9 Å². The fourth-order valence-corrected chi connectivity index (χ4v) is 3.96. The van der Waals surface area contributed by atoms with Gasteiger partial charge in [-0.3, -0.25) is 4.79 Å². The molecule has 0 fully saturated rings. The summed E-state index contributed by atoms with van der Waals surface area (Å²) in [7, 11) is 0. The first-order valence-corrected chi connectivity index (χ1v) is 9.44. The number of hydrogen-bond donors (Lipinski definition) is 3. The lowest BCUT2D eigenvalue weighted by atomic mass is 9.88. The highest BCUT2D eigenvalue weighted by Gasteiger charge is 2.22. The number of rotatable bonds is 6. The van der Waals surface area contributed by atoms with Crippen LogP contribution in [0.3, 0.4) is 0 Å². The van der Waals surface area contributed by atoms with Crippen molar-refractivity contribution in [1.82, 2.24) is 5.32 Å². The molecule has 2 aromatic rings. The van der Waals surface area contributed by atoms with Crippen molar-refractivity contribution in [2.24, 2.45) is 0 Å². The van der Waals surface area contributed by atoms with Crippen molar-refractivity contribution in [3.05, 3.63) is 63.1 Å². The molecule has 0 unspecified atom stereocenters. The molecule has 0 heterocycles. The van der Waals surface area contributed by atoms with E-state index in [1.54, 1.807) is 12.1 Å². The normalized spacial score (nSPS) is 16.0. The van der Waals surface area contributed by atoms with Gasteiger partial charge >= 0.3 is 0 Å². The van der Waals surface area contributed by atoms with E-state index in [0.29, 0.717) is 16.9 Å². The fraction of sp³-hybridized carbons (Fsp3) is 0.350. The summed E-state index contributed by atoms with van der Waals surface area (Å²) >= 11 is 3.33. The highest BCUT2D eigenvalue weighted by atomic mass is 79.9. The Bertz CT molecular complexity index is 768. The molecule has 0 bridgehead atoms. The Morgan fingerprint density at radius 3 is 2.58 bits per heavy atom. The minimum absolute atomic E-state index is 0.00408. The van der Waals surface area contributed by atoms with Crippen LogP contribution in [0, 0.1) is 0 Å². The van der Waals surface area contributed by atoms with Crippen molar-refractivity contribution in [3.8, 4) is 5.75 Å². The van der Waals surface area contributed by atoms with E-state index in [2.05, 4.69) is 33.4 Å². The number of amides is 1. The van der Waals surface area contributed by atoms with E-state index < -0.39 is 0 Å². The molecular formula is C20H22BrNO4. The molecule has 0 spiro atoms. The Hall–Kier alpha value is -1.89. The molecule has 2 aromatic carbocycles. The predicted octanol–water partition coefficient (Wildman–Crippen LogP) is 3.01. The van der Waals surface area contributed by atoms with Gasteiger partial charge in [0.15, 0.2) is 6.61 Å². The van der Waals surface area contributed by atoms with Crippen LogP contribution in [0.4, 0.5) is 0 Å². The first-order chi connectivity index (χ1) is 12.6. The maximum Gasteiger partial charge on any atom is 0.258 e. The number of nitrogens with one attached hydrogen (secondary N) is 1. The maximum atomic E-state index is 12.4. The second kappa shape index (κ2) is 8.66. The molecular weight excluding hydrogens is 398 g/mol. The van der Waals surface area contributed by atoms with E-state index in [0.717, 1.165) is 23.7 Å². The SMILES string of the molecule is O=C(COc1c(CO)cc(Br)cc1CO)N[C@@H]1CCCc2ccccc21. The van der Waals surface area contributed by atoms with E-state index in [-0.39, 0.29) is 31.8 Å². The maximum absolute atomic E-state index is 12.4. The summed E-state index contributed by atoms with van der Waals surface area (Å²) in [4.78, 5) is 12.4. The summed E-state index contributed by atoms with van der Waals surface area (Å²) in [5.74, 6) is 0.139. The Morgan fingerprint density at radius 2 is 1.88 bits per heavy atom. The van der Waals surface area contributed by atoms with Gasteiger partial charge in [0.25, 0.3) is 5.91 Å². The smallest absolute Gasteiger partial charge is 0.258 e. The van der Waals surface area contributed by atoms with Gasteiger partial charge in [0, 0.05) is 15.6 Å². The van der Waals surface area contributed by atoms with Gasteiger partial charge in [-0.1, -0.05) is 40.2 Å². The molecule has 3 rings (SSSR count). The van der Waals surface area contributed by atoms with Crippen LogP contribution < -0.4 is 10.1 Å². The van der Waals surface area contributed by atoms with E-state index in [9.17, 15) is 15.0 Å². The average Bonchev–Trinajstić information content (AvgIpc) is 2.66. The van der Waals surface area contributed by atoms with Crippen molar-refractivity contribution in [1.29, 1.82) is 0 Å². The second-order valence-corrected chi connectivity index (χ2v) is 7.28. The Labute approximate surface area is 161 Å². The topological polar surface area (TPSA) is 78.8 Å². The summed E-state index contributed by atoms with van der Waals surface area (Å²) in [6, 6.07) is 11.6. The molecule has 1 aliphatic carbocycles. The largest absolute Gasteiger partial charge is 0.483 e. The number of aryl methyl sites for hydroxylation is 1. The van der Waals surface area contributed by atoms with Crippen LogP contribution in [-0.4, -0.2) is 22.7 Å². The molecule has 0 radical (unpaired) electrons. The molecule has 1 aliphatic rings. The lowest BCUT2D eigenvalue weighted by molar-refractivity contribution is -0.124. The molecule has 0 saturated heterocycles. The van der Waals surface area contributed by atoms with Crippen molar-refractivity contribution in [2.45, 2.75) is 38.5 Å². The highest BCUT2D eigenvalue weighted by molar-refractivity contribution is 9.10. The molecule has 26 heavy (non-hydrogen) atoms.